The number of amides is 1. The normalized spacial score (nSPS) is 14.6. The van der Waals surface area contributed by atoms with E-state index in [9.17, 15) is 18.0 Å². The zero-order valence-corrected chi connectivity index (χ0v) is 15.5. The number of ether oxygens (including phenoxy) is 1. The molecule has 0 saturated heterocycles. The first kappa shape index (κ1) is 19.9. The Balaban J connectivity index is 1.74. The number of carbonyl (C=O) groups is 1. The second-order valence-electron chi connectivity index (χ2n) is 6.68. The minimum absolute atomic E-state index is 0.0755. The molecular weight excluding hydrogens is 373 g/mol. The molecule has 0 spiro atoms. The van der Waals surface area contributed by atoms with Crippen molar-refractivity contribution in [2.75, 3.05) is 11.9 Å². The van der Waals surface area contributed by atoms with Crippen molar-refractivity contribution in [2.24, 2.45) is 0 Å². The van der Waals surface area contributed by atoms with E-state index in [-0.39, 0.29) is 35.7 Å². The number of hydrogen-bond acceptors (Lipinski definition) is 5. The topological polar surface area (TPSA) is 76.1 Å². The van der Waals surface area contributed by atoms with Crippen LogP contribution in [0, 0.1) is 12.7 Å². The number of rotatable bonds is 8. The van der Waals surface area contributed by atoms with E-state index in [4.69, 9.17) is 4.74 Å². The van der Waals surface area contributed by atoms with Gasteiger partial charge in [-0.1, -0.05) is 18.2 Å². The Morgan fingerprint density at radius 3 is 2.71 bits per heavy atom. The number of halogens is 3. The predicted molar refractivity (Wildman–Crippen MR) is 96.8 cm³/mol. The van der Waals surface area contributed by atoms with Gasteiger partial charge in [0.2, 0.25) is 0 Å². The second-order valence-corrected chi connectivity index (χ2v) is 6.68. The molecule has 1 aromatic heterocycles. The quantitative estimate of drug-likeness (QED) is 0.714. The molecule has 28 heavy (non-hydrogen) atoms. The zero-order chi connectivity index (χ0) is 20.3. The molecule has 1 aliphatic rings. The molecule has 1 saturated carbocycles. The van der Waals surface area contributed by atoms with Gasteiger partial charge in [-0.05, 0) is 26.7 Å². The third-order valence-corrected chi connectivity index (χ3v) is 4.29. The van der Waals surface area contributed by atoms with E-state index in [1.165, 1.54) is 18.3 Å². The number of nitrogens with one attached hydrogen (secondary N) is 2. The van der Waals surface area contributed by atoms with Gasteiger partial charge in [-0.25, -0.2) is 23.1 Å². The smallest absolute Gasteiger partial charge is 0.266 e. The lowest BCUT2D eigenvalue weighted by atomic mass is 10.0. The molecule has 6 nitrogen and oxygen atoms in total. The molecule has 0 bridgehead atoms. The van der Waals surface area contributed by atoms with E-state index in [1.807, 2.05) is 0 Å². The molecule has 0 radical (unpaired) electrons. The molecule has 1 aromatic carbocycles. The van der Waals surface area contributed by atoms with Crippen LogP contribution >= 0.6 is 0 Å². The standard InChI is InChI=1S/C19H21F3N4O2/c1-10(13-4-3-5-14(17(13)20)18(21)22)24-19-15(8-23-11(2)25-19)28-9-16(27)26-12-6-7-12/h3-5,8,10,12,18H,6-7,9H2,1-2H3,(H,26,27)(H,23,24,25)/t10-/m1/s1. The van der Waals surface area contributed by atoms with Crippen LogP contribution in [-0.4, -0.2) is 28.5 Å². The van der Waals surface area contributed by atoms with Crippen molar-refractivity contribution >= 4 is 11.7 Å². The molecule has 9 heteroatoms. The summed E-state index contributed by atoms with van der Waals surface area (Å²) in [5.74, 6) is -0.312. The average molecular weight is 394 g/mol. The van der Waals surface area contributed by atoms with Crippen molar-refractivity contribution < 1.29 is 22.7 Å². The maximum Gasteiger partial charge on any atom is 0.266 e. The Kier molecular flexibility index (Phi) is 6.01. The van der Waals surface area contributed by atoms with Gasteiger partial charge in [-0.15, -0.1) is 0 Å². The van der Waals surface area contributed by atoms with Gasteiger partial charge in [0.25, 0.3) is 12.3 Å². The van der Waals surface area contributed by atoms with Crippen molar-refractivity contribution in [1.29, 1.82) is 0 Å². The first-order valence-electron chi connectivity index (χ1n) is 8.94. The summed E-state index contributed by atoms with van der Waals surface area (Å²) in [4.78, 5) is 20.1. The van der Waals surface area contributed by atoms with Gasteiger partial charge < -0.3 is 15.4 Å². The summed E-state index contributed by atoms with van der Waals surface area (Å²) in [6.07, 6.45) is 0.436. The first-order valence-corrected chi connectivity index (χ1v) is 8.94. The van der Waals surface area contributed by atoms with Crippen molar-refractivity contribution in [2.45, 2.75) is 45.2 Å². The highest BCUT2D eigenvalue weighted by molar-refractivity contribution is 5.78. The first-order chi connectivity index (χ1) is 13.3. The van der Waals surface area contributed by atoms with Gasteiger partial charge >= 0.3 is 0 Å². The maximum absolute atomic E-state index is 14.4. The molecule has 1 amide bonds. The van der Waals surface area contributed by atoms with Crippen LogP contribution < -0.4 is 15.4 Å². The number of nitrogens with zero attached hydrogens (tertiary/aromatic N) is 2. The van der Waals surface area contributed by atoms with Crippen LogP contribution in [0.2, 0.25) is 0 Å². The lowest BCUT2D eigenvalue weighted by Gasteiger charge is -2.19. The van der Waals surface area contributed by atoms with E-state index in [0.717, 1.165) is 18.9 Å². The van der Waals surface area contributed by atoms with Crippen LogP contribution in [0.5, 0.6) is 5.75 Å². The third kappa shape index (κ3) is 4.90. The van der Waals surface area contributed by atoms with Crippen molar-refractivity contribution in [3.8, 4) is 5.75 Å². The van der Waals surface area contributed by atoms with E-state index < -0.39 is 23.8 Å². The van der Waals surface area contributed by atoms with Gasteiger partial charge in [0.15, 0.2) is 18.2 Å². The Morgan fingerprint density at radius 1 is 1.32 bits per heavy atom. The number of benzene rings is 1. The highest BCUT2D eigenvalue weighted by Crippen LogP contribution is 2.30. The van der Waals surface area contributed by atoms with Gasteiger partial charge in [-0.2, -0.15) is 0 Å². The van der Waals surface area contributed by atoms with Crippen LogP contribution in [0.3, 0.4) is 0 Å². The Hall–Kier alpha value is -2.84. The highest BCUT2D eigenvalue weighted by Gasteiger charge is 2.24. The fourth-order valence-corrected chi connectivity index (χ4v) is 2.66. The fourth-order valence-electron chi connectivity index (χ4n) is 2.66. The zero-order valence-electron chi connectivity index (χ0n) is 15.5. The lowest BCUT2D eigenvalue weighted by molar-refractivity contribution is -0.123. The molecule has 1 aliphatic carbocycles. The van der Waals surface area contributed by atoms with Gasteiger partial charge in [0, 0.05) is 11.6 Å². The summed E-state index contributed by atoms with van der Waals surface area (Å²) in [5, 5.41) is 5.76. The number of anilines is 1. The predicted octanol–water partition coefficient (Wildman–Crippen LogP) is 3.69. The third-order valence-electron chi connectivity index (χ3n) is 4.29. The van der Waals surface area contributed by atoms with Crippen molar-refractivity contribution in [1.82, 2.24) is 15.3 Å². The second kappa shape index (κ2) is 8.45. The van der Waals surface area contributed by atoms with E-state index in [2.05, 4.69) is 20.6 Å². The molecular formula is C19H21F3N4O2. The number of carbonyl (C=O) groups excluding carboxylic acids is 1. The van der Waals surface area contributed by atoms with E-state index in [1.54, 1.807) is 13.8 Å². The molecule has 150 valence electrons. The monoisotopic (exact) mass is 394 g/mol. The summed E-state index contributed by atoms with van der Waals surface area (Å²) in [5.41, 5.74) is -0.579. The molecule has 2 aromatic rings. The van der Waals surface area contributed by atoms with Gasteiger partial charge in [-0.3, -0.25) is 4.79 Å². The van der Waals surface area contributed by atoms with Gasteiger partial charge in [0.05, 0.1) is 17.8 Å². The number of alkyl halides is 2. The number of aryl methyl sites for hydroxylation is 1. The molecule has 3 rings (SSSR count). The summed E-state index contributed by atoms with van der Waals surface area (Å²) in [6.45, 7) is 3.08. The van der Waals surface area contributed by atoms with Crippen molar-refractivity contribution in [3.63, 3.8) is 0 Å². The molecule has 0 unspecified atom stereocenters. The summed E-state index contributed by atoms with van der Waals surface area (Å²) >= 11 is 0. The van der Waals surface area contributed by atoms with Crippen molar-refractivity contribution in [3.05, 3.63) is 47.2 Å². The van der Waals surface area contributed by atoms with Crippen LogP contribution in [0.4, 0.5) is 19.0 Å². The van der Waals surface area contributed by atoms with Crippen LogP contribution in [0.1, 0.15) is 49.2 Å². The van der Waals surface area contributed by atoms with E-state index >= 15 is 0 Å². The molecule has 0 aliphatic heterocycles. The summed E-state index contributed by atoms with van der Waals surface area (Å²) in [6, 6.07) is 3.40. The molecule has 1 heterocycles. The highest BCUT2D eigenvalue weighted by atomic mass is 19.3. The Labute approximate surface area is 160 Å². The average Bonchev–Trinajstić information content (AvgIpc) is 3.44. The van der Waals surface area contributed by atoms with Crippen LogP contribution in [-0.2, 0) is 4.79 Å². The fraction of sp³-hybridized carbons (Fsp3) is 0.421. The molecule has 2 N–H and O–H groups in total. The number of hydrogen-bond donors (Lipinski definition) is 2. The summed E-state index contributed by atoms with van der Waals surface area (Å²) in [7, 11) is 0. The summed E-state index contributed by atoms with van der Waals surface area (Å²) < 4.78 is 45.8. The van der Waals surface area contributed by atoms with Crippen LogP contribution in [0.25, 0.3) is 0 Å². The minimum Gasteiger partial charge on any atom is -0.478 e. The molecule has 1 atom stereocenters. The Bertz CT molecular complexity index is 859. The number of aromatic nitrogens is 2. The van der Waals surface area contributed by atoms with Crippen LogP contribution in [0.15, 0.2) is 24.4 Å². The molecule has 1 fully saturated rings. The van der Waals surface area contributed by atoms with E-state index in [0.29, 0.717) is 5.82 Å². The minimum atomic E-state index is -2.91. The Morgan fingerprint density at radius 2 is 2.04 bits per heavy atom. The SMILES string of the molecule is Cc1ncc(OCC(=O)NC2CC2)c(N[C@H](C)c2cccc(C(F)F)c2F)n1. The maximum atomic E-state index is 14.4. The lowest BCUT2D eigenvalue weighted by Crippen LogP contribution is -2.30. The largest absolute Gasteiger partial charge is 0.478 e. The van der Waals surface area contributed by atoms with Gasteiger partial charge in [0.1, 0.15) is 11.6 Å².